The minimum atomic E-state index is -0.0804. The first-order valence-electron chi connectivity index (χ1n) is 7.85. The second-order valence-electron chi connectivity index (χ2n) is 6.10. The molecule has 2 aromatic rings. The molecular formula is C16H22Cl2N4O2. The fraction of sp³-hybridized carbons (Fsp3) is 0.500. The Balaban J connectivity index is 0.00000104. The highest BCUT2D eigenvalue weighted by Gasteiger charge is 2.38. The molecule has 3 heterocycles. The van der Waals surface area contributed by atoms with Gasteiger partial charge in [0.15, 0.2) is 5.82 Å². The number of nitrogens with one attached hydrogen (secondary N) is 2. The summed E-state index contributed by atoms with van der Waals surface area (Å²) < 4.78 is 5.96. The standard InChI is InChI=1S/C16H20N4O2.2ClH/c21-15(14-18-12-3-1-2-4-13(12)19-14)20-8-5-16(6-9-20)11-17-7-10-22-16;;/h1-4,17H,5-11H2,(H,18,19);2*1H. The van der Waals surface area contributed by atoms with Crippen LogP contribution in [0.25, 0.3) is 11.0 Å². The van der Waals surface area contributed by atoms with E-state index in [9.17, 15) is 4.79 Å². The zero-order valence-corrected chi connectivity index (χ0v) is 14.9. The summed E-state index contributed by atoms with van der Waals surface area (Å²) in [6, 6.07) is 7.71. The fourth-order valence-electron chi connectivity index (χ4n) is 3.35. The molecule has 132 valence electrons. The Bertz CT molecular complexity index is 657. The molecule has 0 unspecified atom stereocenters. The number of H-pyrrole nitrogens is 1. The number of hydrogen-bond donors (Lipinski definition) is 2. The maximum atomic E-state index is 12.6. The van der Waals surface area contributed by atoms with Crippen LogP contribution in [-0.2, 0) is 4.74 Å². The highest BCUT2D eigenvalue weighted by Crippen LogP contribution is 2.28. The summed E-state index contributed by atoms with van der Waals surface area (Å²) in [6.45, 7) is 4.01. The Labute approximate surface area is 153 Å². The number of likely N-dealkylation sites (tertiary alicyclic amines) is 1. The van der Waals surface area contributed by atoms with Gasteiger partial charge in [0.2, 0.25) is 0 Å². The molecule has 0 aliphatic carbocycles. The molecule has 6 nitrogen and oxygen atoms in total. The van der Waals surface area contributed by atoms with Gasteiger partial charge in [0.25, 0.3) is 5.91 Å². The number of fused-ring (bicyclic) bond motifs is 1. The van der Waals surface area contributed by atoms with Gasteiger partial charge in [0.1, 0.15) is 0 Å². The number of imidazole rings is 1. The van der Waals surface area contributed by atoms with Gasteiger partial charge in [-0.25, -0.2) is 4.98 Å². The number of ether oxygens (including phenoxy) is 1. The molecule has 2 saturated heterocycles. The topological polar surface area (TPSA) is 70.2 Å². The van der Waals surface area contributed by atoms with Crippen molar-refractivity contribution in [1.82, 2.24) is 20.2 Å². The Morgan fingerprint density at radius 1 is 1.21 bits per heavy atom. The van der Waals surface area contributed by atoms with Crippen molar-refractivity contribution in [2.45, 2.75) is 18.4 Å². The second-order valence-corrected chi connectivity index (χ2v) is 6.10. The van der Waals surface area contributed by atoms with E-state index < -0.39 is 0 Å². The Hall–Kier alpha value is -1.34. The summed E-state index contributed by atoms with van der Waals surface area (Å²) in [5.74, 6) is 0.412. The molecule has 24 heavy (non-hydrogen) atoms. The average Bonchev–Trinajstić information content (AvgIpc) is 3.00. The summed E-state index contributed by atoms with van der Waals surface area (Å²) in [4.78, 5) is 22.0. The van der Waals surface area contributed by atoms with E-state index in [-0.39, 0.29) is 36.3 Å². The molecule has 8 heteroatoms. The molecule has 2 aliphatic heterocycles. The third kappa shape index (κ3) is 3.52. The van der Waals surface area contributed by atoms with Crippen molar-refractivity contribution in [3.05, 3.63) is 30.1 Å². The molecule has 0 atom stereocenters. The van der Waals surface area contributed by atoms with Gasteiger partial charge in [-0.3, -0.25) is 4.79 Å². The van der Waals surface area contributed by atoms with Crippen LogP contribution in [0.1, 0.15) is 23.5 Å². The molecule has 1 aromatic carbocycles. The number of carbonyl (C=O) groups excluding carboxylic acids is 1. The Kier molecular flexibility index (Phi) is 6.09. The summed E-state index contributed by atoms with van der Waals surface area (Å²) in [5.41, 5.74) is 1.65. The molecule has 1 spiro atoms. The van der Waals surface area contributed by atoms with Crippen LogP contribution in [0.4, 0.5) is 0 Å². The first-order chi connectivity index (χ1) is 10.8. The lowest BCUT2D eigenvalue weighted by Gasteiger charge is -2.43. The Morgan fingerprint density at radius 2 is 1.96 bits per heavy atom. The van der Waals surface area contributed by atoms with E-state index in [0.717, 1.165) is 56.7 Å². The largest absolute Gasteiger partial charge is 0.372 e. The quantitative estimate of drug-likeness (QED) is 0.802. The van der Waals surface area contributed by atoms with Gasteiger partial charge < -0.3 is 19.9 Å². The van der Waals surface area contributed by atoms with Crippen LogP contribution in [0.5, 0.6) is 0 Å². The molecule has 1 aromatic heterocycles. The van der Waals surface area contributed by atoms with Crippen LogP contribution in [-0.4, -0.2) is 59.2 Å². The normalized spacial score (nSPS) is 19.6. The highest BCUT2D eigenvalue weighted by atomic mass is 35.5. The predicted octanol–water partition coefficient (Wildman–Crippen LogP) is 2.00. The van der Waals surface area contributed by atoms with Gasteiger partial charge in [-0.05, 0) is 25.0 Å². The van der Waals surface area contributed by atoms with E-state index in [4.69, 9.17) is 4.74 Å². The molecule has 2 fully saturated rings. The van der Waals surface area contributed by atoms with Crippen molar-refractivity contribution in [1.29, 1.82) is 0 Å². The van der Waals surface area contributed by atoms with Crippen LogP contribution in [0.3, 0.4) is 0 Å². The lowest BCUT2D eigenvalue weighted by atomic mass is 9.90. The number of amides is 1. The number of aromatic nitrogens is 2. The van der Waals surface area contributed by atoms with E-state index in [1.165, 1.54) is 0 Å². The van der Waals surface area contributed by atoms with E-state index in [1.54, 1.807) is 0 Å². The van der Waals surface area contributed by atoms with Gasteiger partial charge in [0, 0.05) is 26.2 Å². The Morgan fingerprint density at radius 3 is 2.62 bits per heavy atom. The minimum absolute atomic E-state index is 0. The lowest BCUT2D eigenvalue weighted by Crippen LogP contribution is -2.56. The van der Waals surface area contributed by atoms with Crippen molar-refractivity contribution in [3.63, 3.8) is 0 Å². The molecule has 2 aliphatic rings. The number of halogens is 2. The third-order valence-corrected chi connectivity index (χ3v) is 4.69. The second kappa shape index (κ2) is 7.70. The van der Waals surface area contributed by atoms with E-state index in [0.29, 0.717) is 5.82 Å². The zero-order valence-electron chi connectivity index (χ0n) is 13.3. The van der Waals surface area contributed by atoms with E-state index in [1.807, 2.05) is 29.2 Å². The van der Waals surface area contributed by atoms with Crippen LogP contribution < -0.4 is 5.32 Å². The van der Waals surface area contributed by atoms with Gasteiger partial charge in [-0.2, -0.15) is 0 Å². The van der Waals surface area contributed by atoms with Gasteiger partial charge in [-0.1, -0.05) is 12.1 Å². The van der Waals surface area contributed by atoms with Crippen molar-refractivity contribution in [2.24, 2.45) is 0 Å². The monoisotopic (exact) mass is 372 g/mol. The molecule has 1 amide bonds. The number of morpholine rings is 1. The first-order valence-corrected chi connectivity index (χ1v) is 7.85. The number of benzene rings is 1. The van der Waals surface area contributed by atoms with Crippen LogP contribution >= 0.6 is 24.8 Å². The summed E-state index contributed by atoms with van der Waals surface area (Å²) in [5, 5.41) is 3.39. The van der Waals surface area contributed by atoms with E-state index in [2.05, 4.69) is 15.3 Å². The first kappa shape index (κ1) is 19.0. The zero-order chi connectivity index (χ0) is 15.0. The molecular weight excluding hydrogens is 351 g/mol. The van der Waals surface area contributed by atoms with Crippen molar-refractivity contribution in [3.8, 4) is 0 Å². The van der Waals surface area contributed by atoms with Crippen LogP contribution in [0, 0.1) is 0 Å². The maximum Gasteiger partial charge on any atom is 0.289 e. The number of piperidine rings is 1. The number of para-hydroxylation sites is 2. The van der Waals surface area contributed by atoms with Crippen molar-refractivity contribution >= 4 is 41.8 Å². The SMILES string of the molecule is Cl.Cl.O=C(c1nc2ccccc2[nH]1)N1CCC2(CC1)CNCCO2. The minimum Gasteiger partial charge on any atom is -0.372 e. The van der Waals surface area contributed by atoms with Crippen LogP contribution in [0.15, 0.2) is 24.3 Å². The molecule has 0 saturated carbocycles. The van der Waals surface area contributed by atoms with Crippen molar-refractivity contribution in [2.75, 3.05) is 32.8 Å². The molecule has 4 rings (SSSR count). The van der Waals surface area contributed by atoms with Crippen LogP contribution in [0.2, 0.25) is 0 Å². The molecule has 0 radical (unpaired) electrons. The number of hydrogen-bond acceptors (Lipinski definition) is 4. The highest BCUT2D eigenvalue weighted by molar-refractivity contribution is 5.94. The predicted molar refractivity (Wildman–Crippen MR) is 97.3 cm³/mol. The number of aromatic amines is 1. The summed E-state index contributed by atoms with van der Waals surface area (Å²) in [6.07, 6.45) is 1.76. The number of carbonyl (C=O) groups is 1. The molecule has 0 bridgehead atoms. The van der Waals surface area contributed by atoms with E-state index >= 15 is 0 Å². The summed E-state index contributed by atoms with van der Waals surface area (Å²) in [7, 11) is 0. The van der Waals surface area contributed by atoms with Crippen molar-refractivity contribution < 1.29 is 9.53 Å². The number of rotatable bonds is 1. The fourth-order valence-corrected chi connectivity index (χ4v) is 3.35. The smallest absolute Gasteiger partial charge is 0.289 e. The third-order valence-electron chi connectivity index (χ3n) is 4.69. The summed E-state index contributed by atoms with van der Waals surface area (Å²) >= 11 is 0. The molecule has 2 N–H and O–H groups in total. The number of nitrogens with zero attached hydrogens (tertiary/aromatic N) is 2. The lowest BCUT2D eigenvalue weighted by molar-refractivity contribution is -0.0955. The van der Waals surface area contributed by atoms with Gasteiger partial charge in [-0.15, -0.1) is 24.8 Å². The van der Waals surface area contributed by atoms with Gasteiger partial charge in [0.05, 0.1) is 23.2 Å². The average molecular weight is 373 g/mol. The van der Waals surface area contributed by atoms with Gasteiger partial charge >= 0.3 is 0 Å². The maximum absolute atomic E-state index is 12.6.